The number of rotatable bonds is 3. The molecule has 1 fully saturated rings. The van der Waals surface area contributed by atoms with E-state index in [9.17, 15) is 14.4 Å². The lowest BCUT2D eigenvalue weighted by Crippen LogP contribution is -2.65. The highest BCUT2D eigenvalue weighted by molar-refractivity contribution is 6.08. The van der Waals surface area contributed by atoms with Crippen molar-refractivity contribution in [1.82, 2.24) is 20.4 Å². The Kier molecular flexibility index (Phi) is 3.88. The highest BCUT2D eigenvalue weighted by Crippen LogP contribution is 2.20. The molecule has 8 nitrogen and oxygen atoms in total. The van der Waals surface area contributed by atoms with Crippen molar-refractivity contribution >= 4 is 23.5 Å². The summed E-state index contributed by atoms with van der Waals surface area (Å²) < 4.78 is 0. The number of piperazine rings is 1. The molecule has 2 heterocycles. The van der Waals surface area contributed by atoms with E-state index in [4.69, 9.17) is 0 Å². The van der Waals surface area contributed by atoms with Crippen LogP contribution in [0.25, 0.3) is 0 Å². The van der Waals surface area contributed by atoms with Gasteiger partial charge in [0, 0.05) is 6.54 Å². The minimum Gasteiger partial charge on any atom is -0.369 e. The van der Waals surface area contributed by atoms with E-state index in [0.717, 1.165) is 0 Å². The summed E-state index contributed by atoms with van der Waals surface area (Å²) in [7, 11) is 0. The van der Waals surface area contributed by atoms with Gasteiger partial charge >= 0.3 is 0 Å². The number of amides is 3. The molecule has 1 saturated heterocycles. The van der Waals surface area contributed by atoms with E-state index in [1.54, 1.807) is 19.9 Å². The van der Waals surface area contributed by atoms with Gasteiger partial charge in [0.1, 0.15) is 17.9 Å². The average Bonchev–Trinajstić information content (AvgIpc) is 2.44. The Balaban J connectivity index is 2.25. The molecule has 112 valence electrons. The molecule has 8 heteroatoms. The molecule has 0 spiro atoms. The number of anilines is 1. The number of nitrogens with one attached hydrogen (secondary N) is 2. The molecule has 0 aliphatic carbocycles. The lowest BCUT2D eigenvalue weighted by Gasteiger charge is -2.39. The third-order valence-electron chi connectivity index (χ3n) is 3.27. The fourth-order valence-corrected chi connectivity index (χ4v) is 1.97. The first kappa shape index (κ1) is 14.9. The summed E-state index contributed by atoms with van der Waals surface area (Å²) in [5, 5.41) is 12.9. The molecule has 1 aromatic rings. The van der Waals surface area contributed by atoms with Crippen LogP contribution in [0.1, 0.15) is 31.3 Å². The topological polar surface area (TPSA) is 104 Å². The lowest BCUT2D eigenvalue weighted by atomic mass is 9.98. The van der Waals surface area contributed by atoms with Gasteiger partial charge < -0.3 is 10.2 Å². The molecule has 0 unspecified atom stereocenters. The molecule has 2 rings (SSSR count). The Morgan fingerprint density at radius 1 is 1.38 bits per heavy atom. The Morgan fingerprint density at radius 3 is 2.67 bits per heavy atom. The Hall–Kier alpha value is -2.51. The maximum atomic E-state index is 12.4. The zero-order valence-electron chi connectivity index (χ0n) is 12.1. The lowest BCUT2D eigenvalue weighted by molar-refractivity contribution is -0.143. The predicted octanol–water partition coefficient (Wildman–Crippen LogP) is -0.214. The smallest absolute Gasteiger partial charge is 0.275 e. The van der Waals surface area contributed by atoms with Crippen LogP contribution in [0, 0.1) is 0 Å². The summed E-state index contributed by atoms with van der Waals surface area (Å²) in [6.07, 6.45) is 0. The summed E-state index contributed by atoms with van der Waals surface area (Å²) in [5.41, 5.74) is -1.03. The molecule has 1 aromatic heterocycles. The monoisotopic (exact) mass is 291 g/mol. The summed E-state index contributed by atoms with van der Waals surface area (Å²) in [6, 6.07) is 3.14. The Bertz CT molecular complexity index is 582. The summed E-state index contributed by atoms with van der Waals surface area (Å²) >= 11 is 0. The van der Waals surface area contributed by atoms with Crippen molar-refractivity contribution in [2.24, 2.45) is 0 Å². The molecule has 0 bridgehead atoms. The molecule has 2 N–H and O–H groups in total. The van der Waals surface area contributed by atoms with Crippen LogP contribution in [-0.2, 0) is 9.59 Å². The van der Waals surface area contributed by atoms with Gasteiger partial charge in [0.25, 0.3) is 11.8 Å². The van der Waals surface area contributed by atoms with Crippen molar-refractivity contribution in [2.75, 3.05) is 18.4 Å². The van der Waals surface area contributed by atoms with Crippen LogP contribution in [0.4, 0.5) is 5.82 Å². The minimum atomic E-state index is -1.12. The molecular weight excluding hydrogens is 274 g/mol. The third-order valence-corrected chi connectivity index (χ3v) is 3.27. The number of nitrogens with zero attached hydrogens (tertiary/aromatic N) is 3. The Labute approximate surface area is 121 Å². The number of carbonyl (C=O) groups excluding carboxylic acids is 3. The van der Waals surface area contributed by atoms with Gasteiger partial charge in [-0.15, -0.1) is 10.2 Å². The van der Waals surface area contributed by atoms with Gasteiger partial charge in [-0.2, -0.15) is 0 Å². The van der Waals surface area contributed by atoms with Crippen molar-refractivity contribution in [3.63, 3.8) is 0 Å². The summed E-state index contributed by atoms with van der Waals surface area (Å²) in [4.78, 5) is 37.0. The molecule has 1 aliphatic heterocycles. The van der Waals surface area contributed by atoms with Gasteiger partial charge in [-0.1, -0.05) is 0 Å². The number of hydrogen-bond donors (Lipinski definition) is 2. The largest absolute Gasteiger partial charge is 0.369 e. The normalized spacial score (nSPS) is 17.4. The van der Waals surface area contributed by atoms with E-state index in [-0.39, 0.29) is 12.2 Å². The number of imide groups is 1. The molecule has 0 aromatic carbocycles. The van der Waals surface area contributed by atoms with E-state index >= 15 is 0 Å². The molecule has 0 atom stereocenters. The molecule has 21 heavy (non-hydrogen) atoms. The van der Waals surface area contributed by atoms with Gasteiger partial charge in [0.15, 0.2) is 5.69 Å². The molecule has 3 amide bonds. The van der Waals surface area contributed by atoms with E-state index in [0.29, 0.717) is 12.4 Å². The summed E-state index contributed by atoms with van der Waals surface area (Å²) in [5.74, 6) is -0.964. The van der Waals surface area contributed by atoms with Gasteiger partial charge in [0.05, 0.1) is 0 Å². The number of carbonyl (C=O) groups is 3. The quantitative estimate of drug-likeness (QED) is 0.746. The molecule has 0 saturated carbocycles. The van der Waals surface area contributed by atoms with Crippen LogP contribution < -0.4 is 10.6 Å². The van der Waals surface area contributed by atoms with E-state index in [2.05, 4.69) is 20.8 Å². The van der Waals surface area contributed by atoms with Crippen LogP contribution in [0.15, 0.2) is 12.1 Å². The SMILES string of the molecule is CCNc1ccc(C(=O)N2CC(=O)NC(=O)C2(C)C)nn1. The Morgan fingerprint density at radius 2 is 2.10 bits per heavy atom. The van der Waals surface area contributed by atoms with E-state index in [1.165, 1.54) is 11.0 Å². The zero-order valence-corrected chi connectivity index (χ0v) is 12.1. The number of aromatic nitrogens is 2. The standard InChI is InChI=1S/C13H17N5O3/c1-4-14-9-6-5-8(16-17-9)11(20)18-7-10(19)15-12(21)13(18,2)3/h5-6H,4,7H2,1-3H3,(H,14,17)(H,15,19,21). The third kappa shape index (κ3) is 2.83. The van der Waals surface area contributed by atoms with Crippen LogP contribution in [0.3, 0.4) is 0 Å². The molecule has 0 radical (unpaired) electrons. The predicted molar refractivity (Wildman–Crippen MR) is 74.5 cm³/mol. The maximum absolute atomic E-state index is 12.4. The van der Waals surface area contributed by atoms with Crippen LogP contribution in [-0.4, -0.2) is 51.4 Å². The molecule has 1 aliphatic rings. The first-order chi connectivity index (χ1) is 9.86. The van der Waals surface area contributed by atoms with Crippen LogP contribution in [0.5, 0.6) is 0 Å². The van der Waals surface area contributed by atoms with Crippen molar-refractivity contribution < 1.29 is 14.4 Å². The van der Waals surface area contributed by atoms with Crippen LogP contribution in [0.2, 0.25) is 0 Å². The van der Waals surface area contributed by atoms with Gasteiger partial charge in [0.2, 0.25) is 5.91 Å². The zero-order chi connectivity index (χ0) is 15.6. The highest BCUT2D eigenvalue weighted by Gasteiger charge is 2.44. The first-order valence-electron chi connectivity index (χ1n) is 6.60. The van der Waals surface area contributed by atoms with Crippen molar-refractivity contribution in [2.45, 2.75) is 26.3 Å². The van der Waals surface area contributed by atoms with E-state index in [1.807, 2.05) is 6.92 Å². The van der Waals surface area contributed by atoms with Crippen LogP contribution >= 0.6 is 0 Å². The van der Waals surface area contributed by atoms with E-state index < -0.39 is 23.3 Å². The fraction of sp³-hybridized carbons (Fsp3) is 0.462. The fourth-order valence-electron chi connectivity index (χ4n) is 1.97. The second-order valence-corrected chi connectivity index (χ2v) is 5.16. The maximum Gasteiger partial charge on any atom is 0.275 e. The van der Waals surface area contributed by atoms with Gasteiger partial charge in [-0.3, -0.25) is 19.7 Å². The highest BCUT2D eigenvalue weighted by atomic mass is 16.2. The second-order valence-electron chi connectivity index (χ2n) is 5.16. The summed E-state index contributed by atoms with van der Waals surface area (Å²) in [6.45, 7) is 5.57. The average molecular weight is 291 g/mol. The first-order valence-corrected chi connectivity index (χ1v) is 6.60. The van der Waals surface area contributed by atoms with Gasteiger partial charge in [-0.05, 0) is 32.9 Å². The van der Waals surface area contributed by atoms with Gasteiger partial charge in [-0.25, -0.2) is 0 Å². The minimum absolute atomic E-state index is 0.0900. The van der Waals surface area contributed by atoms with Crippen molar-refractivity contribution in [3.05, 3.63) is 17.8 Å². The van der Waals surface area contributed by atoms with Crippen molar-refractivity contribution in [1.29, 1.82) is 0 Å². The second kappa shape index (κ2) is 5.47. The van der Waals surface area contributed by atoms with Crippen molar-refractivity contribution in [3.8, 4) is 0 Å². The number of hydrogen-bond acceptors (Lipinski definition) is 6. The molecular formula is C13H17N5O3.